The second-order valence-electron chi connectivity index (χ2n) is 9.17. The molecule has 0 spiro atoms. The third-order valence-corrected chi connectivity index (χ3v) is 6.88. The lowest BCUT2D eigenvalue weighted by Gasteiger charge is -2.31. The number of nitrogens with zero attached hydrogens (tertiary/aromatic N) is 5. The number of hydrogen-bond acceptors (Lipinski definition) is 5. The van der Waals surface area contributed by atoms with Gasteiger partial charge in [-0.3, -0.25) is 14.2 Å². The second-order valence-corrected chi connectivity index (χ2v) is 9.17. The number of furan rings is 1. The van der Waals surface area contributed by atoms with Gasteiger partial charge in [-0.05, 0) is 30.5 Å². The van der Waals surface area contributed by atoms with Crippen LogP contribution < -0.4 is 11.2 Å². The molecule has 1 aliphatic rings. The van der Waals surface area contributed by atoms with Crippen LogP contribution in [0.25, 0.3) is 11.2 Å². The molecule has 0 aliphatic heterocycles. The Kier molecular flexibility index (Phi) is 6.39. The van der Waals surface area contributed by atoms with Gasteiger partial charge in [0.05, 0.1) is 25.7 Å². The SMILES string of the molecule is CN(C(=O)Cn1c(=O)c2c(ncn2Cc2ccco2)n(Cc2ccccc2)c1=O)C1CCCCC1. The molecule has 1 fully saturated rings. The maximum Gasteiger partial charge on any atom is 0.333 e. The van der Waals surface area contributed by atoms with E-state index in [0.717, 1.165) is 35.8 Å². The van der Waals surface area contributed by atoms with E-state index in [9.17, 15) is 14.4 Å². The standard InChI is InChI=1S/C26H29N5O4/c1-28(20-11-6-3-7-12-20)22(32)17-31-25(33)23-24(27-18-29(23)16-21-13-8-14-35-21)30(26(31)34)15-19-9-4-2-5-10-19/h2,4-5,8-10,13-14,18,20H,3,6-7,11-12,15-17H2,1H3. The van der Waals surface area contributed by atoms with Gasteiger partial charge in [-0.15, -0.1) is 0 Å². The molecule has 35 heavy (non-hydrogen) atoms. The van der Waals surface area contributed by atoms with Crippen molar-refractivity contribution in [2.45, 2.75) is 57.8 Å². The Morgan fingerprint density at radius 3 is 2.51 bits per heavy atom. The molecule has 9 nitrogen and oxygen atoms in total. The van der Waals surface area contributed by atoms with Crippen molar-refractivity contribution >= 4 is 17.1 Å². The Morgan fingerprint density at radius 1 is 1.03 bits per heavy atom. The first-order valence-electron chi connectivity index (χ1n) is 12.0. The Balaban J connectivity index is 1.58. The van der Waals surface area contributed by atoms with Crippen molar-refractivity contribution in [1.29, 1.82) is 0 Å². The van der Waals surface area contributed by atoms with E-state index < -0.39 is 11.2 Å². The quantitative estimate of drug-likeness (QED) is 0.410. The molecule has 3 heterocycles. The first-order chi connectivity index (χ1) is 17.0. The predicted octanol–water partition coefficient (Wildman–Crippen LogP) is 2.84. The van der Waals surface area contributed by atoms with Gasteiger partial charge in [-0.1, -0.05) is 49.6 Å². The molecular formula is C26H29N5O4. The van der Waals surface area contributed by atoms with E-state index in [0.29, 0.717) is 11.4 Å². The Morgan fingerprint density at radius 2 is 1.80 bits per heavy atom. The van der Waals surface area contributed by atoms with Crippen LogP contribution in [-0.2, 0) is 24.4 Å². The lowest BCUT2D eigenvalue weighted by Crippen LogP contribution is -2.47. The summed E-state index contributed by atoms with van der Waals surface area (Å²) in [7, 11) is 1.77. The summed E-state index contributed by atoms with van der Waals surface area (Å²) in [4.78, 5) is 46.5. The summed E-state index contributed by atoms with van der Waals surface area (Å²) in [6.07, 6.45) is 8.36. The normalized spacial score (nSPS) is 14.4. The van der Waals surface area contributed by atoms with Crippen LogP contribution in [0.2, 0.25) is 0 Å². The van der Waals surface area contributed by atoms with Crippen LogP contribution in [0.4, 0.5) is 0 Å². The summed E-state index contributed by atoms with van der Waals surface area (Å²) in [5, 5.41) is 0. The van der Waals surface area contributed by atoms with Crippen molar-refractivity contribution in [3.63, 3.8) is 0 Å². The molecule has 0 atom stereocenters. The number of aromatic nitrogens is 4. The van der Waals surface area contributed by atoms with Crippen molar-refractivity contribution in [2.75, 3.05) is 7.05 Å². The minimum Gasteiger partial charge on any atom is -0.467 e. The van der Waals surface area contributed by atoms with Crippen LogP contribution in [0.15, 0.2) is 69.1 Å². The van der Waals surface area contributed by atoms with E-state index in [1.807, 2.05) is 36.4 Å². The Hall–Kier alpha value is -3.88. The summed E-state index contributed by atoms with van der Waals surface area (Å²) in [5.74, 6) is 0.419. The maximum atomic E-state index is 13.6. The second kappa shape index (κ2) is 9.77. The largest absolute Gasteiger partial charge is 0.467 e. The highest BCUT2D eigenvalue weighted by Gasteiger charge is 2.25. The highest BCUT2D eigenvalue weighted by atomic mass is 16.3. The number of fused-ring (bicyclic) bond motifs is 1. The zero-order valence-electron chi connectivity index (χ0n) is 19.8. The van der Waals surface area contributed by atoms with E-state index in [-0.39, 0.29) is 37.1 Å². The van der Waals surface area contributed by atoms with Crippen LogP contribution in [-0.4, -0.2) is 42.6 Å². The van der Waals surface area contributed by atoms with Crippen molar-refractivity contribution in [3.8, 4) is 0 Å². The van der Waals surface area contributed by atoms with E-state index in [4.69, 9.17) is 4.42 Å². The van der Waals surface area contributed by atoms with Crippen LogP contribution in [0, 0.1) is 0 Å². The number of likely N-dealkylation sites (N-methyl/N-ethyl adjacent to an activating group) is 1. The Labute approximate surface area is 202 Å². The fraction of sp³-hybridized carbons (Fsp3) is 0.385. The predicted molar refractivity (Wildman–Crippen MR) is 131 cm³/mol. The molecule has 1 aliphatic carbocycles. The number of rotatable bonds is 7. The number of amides is 1. The number of hydrogen-bond donors (Lipinski definition) is 0. The molecule has 0 radical (unpaired) electrons. The van der Waals surface area contributed by atoms with Crippen LogP contribution in [0.1, 0.15) is 43.4 Å². The zero-order valence-corrected chi connectivity index (χ0v) is 19.8. The third-order valence-electron chi connectivity index (χ3n) is 6.88. The summed E-state index contributed by atoms with van der Waals surface area (Å²) in [5.41, 5.74) is 0.390. The lowest BCUT2D eigenvalue weighted by molar-refractivity contribution is -0.133. The van der Waals surface area contributed by atoms with Gasteiger partial charge >= 0.3 is 5.69 Å². The van der Waals surface area contributed by atoms with Gasteiger partial charge in [-0.25, -0.2) is 14.3 Å². The molecular weight excluding hydrogens is 446 g/mol. The molecule has 182 valence electrons. The number of carbonyl (C=O) groups excluding carboxylic acids is 1. The van der Waals surface area contributed by atoms with Crippen LogP contribution in [0.5, 0.6) is 0 Å². The molecule has 0 unspecified atom stereocenters. The first kappa shape index (κ1) is 22.9. The van der Waals surface area contributed by atoms with Crippen LogP contribution >= 0.6 is 0 Å². The fourth-order valence-electron chi connectivity index (χ4n) is 4.90. The van der Waals surface area contributed by atoms with Gasteiger partial charge in [0.1, 0.15) is 12.3 Å². The van der Waals surface area contributed by atoms with Gasteiger partial charge in [0.15, 0.2) is 11.2 Å². The van der Waals surface area contributed by atoms with Crippen LogP contribution in [0.3, 0.4) is 0 Å². The van der Waals surface area contributed by atoms with E-state index in [1.54, 1.807) is 28.8 Å². The number of imidazole rings is 1. The minimum atomic E-state index is -0.542. The topological polar surface area (TPSA) is 95.3 Å². The number of carbonyl (C=O) groups is 1. The average molecular weight is 476 g/mol. The van der Waals surface area contributed by atoms with Gasteiger partial charge in [-0.2, -0.15) is 0 Å². The van der Waals surface area contributed by atoms with E-state index in [1.165, 1.54) is 17.3 Å². The van der Waals surface area contributed by atoms with Gasteiger partial charge < -0.3 is 13.9 Å². The van der Waals surface area contributed by atoms with Gasteiger partial charge in [0, 0.05) is 13.1 Å². The molecule has 1 aromatic carbocycles. The molecule has 1 saturated carbocycles. The van der Waals surface area contributed by atoms with Gasteiger partial charge in [0.25, 0.3) is 5.56 Å². The molecule has 0 saturated heterocycles. The Bertz CT molecular complexity index is 1430. The summed E-state index contributed by atoms with van der Waals surface area (Å²) >= 11 is 0. The van der Waals surface area contributed by atoms with E-state index >= 15 is 0 Å². The molecule has 1 amide bonds. The van der Waals surface area contributed by atoms with Crippen molar-refractivity contribution in [1.82, 2.24) is 23.6 Å². The molecule has 3 aromatic heterocycles. The maximum absolute atomic E-state index is 13.6. The highest BCUT2D eigenvalue weighted by molar-refractivity contribution is 5.77. The molecule has 0 bridgehead atoms. The summed E-state index contributed by atoms with van der Waals surface area (Å²) in [6, 6.07) is 13.3. The van der Waals surface area contributed by atoms with Crippen molar-refractivity contribution < 1.29 is 9.21 Å². The summed E-state index contributed by atoms with van der Waals surface area (Å²) in [6.45, 7) is 0.223. The summed E-state index contributed by atoms with van der Waals surface area (Å²) < 4.78 is 9.64. The van der Waals surface area contributed by atoms with Gasteiger partial charge in [0.2, 0.25) is 5.91 Å². The minimum absolute atomic E-state index is 0.145. The first-order valence-corrected chi connectivity index (χ1v) is 12.0. The smallest absolute Gasteiger partial charge is 0.333 e. The lowest BCUT2D eigenvalue weighted by atomic mass is 9.94. The van der Waals surface area contributed by atoms with Crippen molar-refractivity contribution in [3.05, 3.63) is 87.2 Å². The molecule has 9 heteroatoms. The third kappa shape index (κ3) is 4.58. The van der Waals surface area contributed by atoms with E-state index in [2.05, 4.69) is 4.98 Å². The highest BCUT2D eigenvalue weighted by Crippen LogP contribution is 2.21. The number of benzene rings is 1. The van der Waals surface area contributed by atoms with Crippen molar-refractivity contribution in [2.24, 2.45) is 0 Å². The fourth-order valence-corrected chi connectivity index (χ4v) is 4.90. The zero-order chi connectivity index (χ0) is 24.4. The molecule has 0 N–H and O–H groups in total. The monoisotopic (exact) mass is 475 g/mol. The average Bonchev–Trinajstić information content (AvgIpc) is 3.55. The molecule has 5 rings (SSSR count). The molecule has 4 aromatic rings.